The highest BCUT2D eigenvalue weighted by Crippen LogP contribution is 2.23. The fourth-order valence-corrected chi connectivity index (χ4v) is 2.54. The summed E-state index contributed by atoms with van der Waals surface area (Å²) in [4.78, 5) is 0. The van der Waals surface area contributed by atoms with Crippen LogP contribution < -0.4 is 5.32 Å². The van der Waals surface area contributed by atoms with Gasteiger partial charge in [0.2, 0.25) is 0 Å². The van der Waals surface area contributed by atoms with Crippen molar-refractivity contribution >= 4 is 16.6 Å². The number of hydrogen-bond acceptors (Lipinski definition) is 1. The zero-order chi connectivity index (χ0) is 15.0. The molecular weight excluding hydrogens is 270 g/mol. The molecule has 0 saturated carbocycles. The van der Waals surface area contributed by atoms with Crippen LogP contribution in [0.5, 0.6) is 0 Å². The molecule has 0 aliphatic heterocycles. The molecule has 0 aliphatic carbocycles. The van der Waals surface area contributed by atoms with Crippen LogP contribution in [0.4, 0.5) is 14.5 Å². The standard InChI is InChI=1S/C17H16F2N2/c1-11-7-15(19)16(8-14(11)18)20-9-12-10-21(2)17-6-4-3-5-13(12)17/h3-8,10,20H,9H2,1-2H3. The first kappa shape index (κ1) is 13.6. The lowest BCUT2D eigenvalue weighted by Gasteiger charge is -2.08. The summed E-state index contributed by atoms with van der Waals surface area (Å²) < 4.78 is 29.4. The molecule has 108 valence electrons. The molecule has 0 radical (unpaired) electrons. The molecule has 1 aromatic heterocycles. The zero-order valence-electron chi connectivity index (χ0n) is 12.0. The van der Waals surface area contributed by atoms with Crippen LogP contribution in [0.2, 0.25) is 0 Å². The summed E-state index contributed by atoms with van der Waals surface area (Å²) in [5.74, 6) is -0.842. The maximum atomic E-state index is 13.8. The maximum Gasteiger partial charge on any atom is 0.146 e. The topological polar surface area (TPSA) is 17.0 Å². The molecule has 4 heteroatoms. The van der Waals surface area contributed by atoms with Crippen LogP contribution in [0.15, 0.2) is 42.6 Å². The van der Waals surface area contributed by atoms with Gasteiger partial charge in [-0.15, -0.1) is 0 Å². The van der Waals surface area contributed by atoms with Crippen molar-refractivity contribution in [2.45, 2.75) is 13.5 Å². The van der Waals surface area contributed by atoms with Gasteiger partial charge in [0.25, 0.3) is 0 Å². The Hall–Kier alpha value is -2.36. The average molecular weight is 286 g/mol. The first-order chi connectivity index (χ1) is 10.1. The minimum absolute atomic E-state index is 0.186. The Morgan fingerprint density at radius 3 is 2.67 bits per heavy atom. The predicted octanol–water partition coefficient (Wildman–Crippen LogP) is 4.38. The van der Waals surface area contributed by atoms with Gasteiger partial charge in [0, 0.05) is 36.8 Å². The van der Waals surface area contributed by atoms with Gasteiger partial charge in [-0.3, -0.25) is 0 Å². The number of nitrogens with one attached hydrogen (secondary N) is 1. The number of para-hydroxylation sites is 1. The second-order valence-corrected chi connectivity index (χ2v) is 5.22. The van der Waals surface area contributed by atoms with E-state index in [1.165, 1.54) is 12.1 Å². The second-order valence-electron chi connectivity index (χ2n) is 5.22. The summed E-state index contributed by atoms with van der Waals surface area (Å²) in [7, 11) is 1.97. The van der Waals surface area contributed by atoms with Gasteiger partial charge in [0.05, 0.1) is 5.69 Å². The van der Waals surface area contributed by atoms with E-state index in [0.29, 0.717) is 12.1 Å². The van der Waals surface area contributed by atoms with Crippen molar-refractivity contribution in [2.75, 3.05) is 5.32 Å². The molecule has 0 spiro atoms. The minimum atomic E-state index is -0.436. The third kappa shape index (κ3) is 2.49. The highest BCUT2D eigenvalue weighted by Gasteiger charge is 2.09. The summed E-state index contributed by atoms with van der Waals surface area (Å²) in [6.45, 7) is 1.99. The third-order valence-corrected chi connectivity index (χ3v) is 3.70. The van der Waals surface area contributed by atoms with E-state index >= 15 is 0 Å². The first-order valence-electron chi connectivity index (χ1n) is 6.78. The smallest absolute Gasteiger partial charge is 0.146 e. The highest BCUT2D eigenvalue weighted by molar-refractivity contribution is 5.84. The SMILES string of the molecule is Cc1cc(F)c(NCc2cn(C)c3ccccc23)cc1F. The van der Waals surface area contributed by atoms with Crippen molar-refractivity contribution in [2.24, 2.45) is 7.05 Å². The number of benzene rings is 2. The summed E-state index contributed by atoms with van der Waals surface area (Å²) in [6.07, 6.45) is 2.00. The molecule has 21 heavy (non-hydrogen) atoms. The van der Waals surface area contributed by atoms with E-state index in [2.05, 4.69) is 5.32 Å². The van der Waals surface area contributed by atoms with Crippen LogP contribution >= 0.6 is 0 Å². The van der Waals surface area contributed by atoms with E-state index in [1.807, 2.05) is 42.1 Å². The van der Waals surface area contributed by atoms with Crippen molar-refractivity contribution in [3.8, 4) is 0 Å². The number of aromatic nitrogens is 1. The van der Waals surface area contributed by atoms with Gasteiger partial charge in [0.1, 0.15) is 11.6 Å². The van der Waals surface area contributed by atoms with Gasteiger partial charge in [-0.1, -0.05) is 18.2 Å². The summed E-state index contributed by atoms with van der Waals surface area (Å²) in [5.41, 5.74) is 2.66. The maximum absolute atomic E-state index is 13.8. The number of hydrogen-bond donors (Lipinski definition) is 1. The van der Waals surface area contributed by atoms with Crippen LogP contribution in [-0.4, -0.2) is 4.57 Å². The Labute approximate surface area is 122 Å². The van der Waals surface area contributed by atoms with Gasteiger partial charge in [-0.25, -0.2) is 8.78 Å². The number of fused-ring (bicyclic) bond motifs is 1. The Morgan fingerprint density at radius 2 is 1.86 bits per heavy atom. The van der Waals surface area contributed by atoms with Crippen LogP contribution in [0.1, 0.15) is 11.1 Å². The molecular formula is C17H16F2N2. The van der Waals surface area contributed by atoms with Crippen LogP contribution in [0.25, 0.3) is 10.9 Å². The lowest BCUT2D eigenvalue weighted by Crippen LogP contribution is -2.02. The number of aryl methyl sites for hydroxylation is 2. The van der Waals surface area contributed by atoms with E-state index in [1.54, 1.807) is 6.92 Å². The molecule has 3 rings (SSSR count). The lowest BCUT2D eigenvalue weighted by molar-refractivity contribution is 0.594. The van der Waals surface area contributed by atoms with Crippen LogP contribution in [0.3, 0.4) is 0 Å². The van der Waals surface area contributed by atoms with Crippen molar-refractivity contribution < 1.29 is 8.78 Å². The Morgan fingerprint density at radius 1 is 1.10 bits per heavy atom. The fourth-order valence-electron chi connectivity index (χ4n) is 2.54. The minimum Gasteiger partial charge on any atom is -0.378 e. The molecule has 0 aliphatic rings. The fraction of sp³-hybridized carbons (Fsp3) is 0.176. The molecule has 1 heterocycles. The van der Waals surface area contributed by atoms with Crippen LogP contribution in [-0.2, 0) is 13.6 Å². The molecule has 2 aromatic carbocycles. The number of rotatable bonds is 3. The molecule has 2 nitrogen and oxygen atoms in total. The van der Waals surface area contributed by atoms with Crippen molar-refractivity contribution in [1.82, 2.24) is 4.57 Å². The third-order valence-electron chi connectivity index (χ3n) is 3.70. The number of nitrogens with zero attached hydrogens (tertiary/aromatic N) is 1. The first-order valence-corrected chi connectivity index (χ1v) is 6.78. The van der Waals surface area contributed by atoms with Crippen molar-refractivity contribution in [1.29, 1.82) is 0 Å². The molecule has 0 fully saturated rings. The van der Waals surface area contributed by atoms with Gasteiger partial charge in [-0.2, -0.15) is 0 Å². The van der Waals surface area contributed by atoms with Gasteiger partial charge < -0.3 is 9.88 Å². The normalized spacial score (nSPS) is 11.0. The van der Waals surface area contributed by atoms with Crippen molar-refractivity contribution in [3.05, 3.63) is 65.4 Å². The second kappa shape index (κ2) is 5.20. The van der Waals surface area contributed by atoms with Crippen LogP contribution in [0, 0.1) is 18.6 Å². The summed E-state index contributed by atoms with van der Waals surface area (Å²) >= 11 is 0. The predicted molar refractivity (Wildman–Crippen MR) is 81.3 cm³/mol. The van der Waals surface area contributed by atoms with E-state index < -0.39 is 11.6 Å². The quantitative estimate of drug-likeness (QED) is 0.756. The molecule has 0 saturated heterocycles. The van der Waals surface area contributed by atoms with E-state index in [4.69, 9.17) is 0 Å². The summed E-state index contributed by atoms with van der Waals surface area (Å²) in [6, 6.07) is 10.4. The Bertz CT molecular complexity index is 806. The van der Waals surface area contributed by atoms with E-state index in [-0.39, 0.29) is 5.69 Å². The molecule has 0 unspecified atom stereocenters. The largest absolute Gasteiger partial charge is 0.378 e. The van der Waals surface area contributed by atoms with E-state index in [9.17, 15) is 8.78 Å². The van der Waals surface area contributed by atoms with Gasteiger partial charge in [0.15, 0.2) is 0 Å². The summed E-state index contributed by atoms with van der Waals surface area (Å²) in [5, 5.41) is 4.09. The molecule has 0 bridgehead atoms. The zero-order valence-corrected chi connectivity index (χ0v) is 12.0. The van der Waals surface area contributed by atoms with Gasteiger partial charge in [-0.05, 0) is 30.2 Å². The molecule has 1 N–H and O–H groups in total. The monoisotopic (exact) mass is 286 g/mol. The Kier molecular flexibility index (Phi) is 3.37. The highest BCUT2D eigenvalue weighted by atomic mass is 19.1. The molecule has 0 amide bonds. The molecule has 0 atom stereocenters. The number of halogens is 2. The van der Waals surface area contributed by atoms with E-state index in [0.717, 1.165) is 16.5 Å². The number of anilines is 1. The molecule has 3 aromatic rings. The van der Waals surface area contributed by atoms with Crippen molar-refractivity contribution in [3.63, 3.8) is 0 Å². The Balaban J connectivity index is 1.89. The lowest BCUT2D eigenvalue weighted by atomic mass is 10.1. The van der Waals surface area contributed by atoms with Gasteiger partial charge >= 0.3 is 0 Å². The average Bonchev–Trinajstić information content (AvgIpc) is 2.79.